The van der Waals surface area contributed by atoms with E-state index in [1.165, 1.54) is 0 Å². The van der Waals surface area contributed by atoms with Crippen LogP contribution in [-0.4, -0.2) is 36.4 Å². The SMILES string of the molecule is CN(C)C(CNC(=O)c1ccc([N+](=O)[O-])cc1F)c1cccs1. The molecule has 0 spiro atoms. The Morgan fingerprint density at radius 3 is 2.70 bits per heavy atom. The van der Waals surface area contributed by atoms with E-state index in [4.69, 9.17) is 0 Å². The Morgan fingerprint density at radius 2 is 2.17 bits per heavy atom. The zero-order chi connectivity index (χ0) is 17.0. The molecule has 0 saturated heterocycles. The van der Waals surface area contributed by atoms with Crippen LogP contribution in [-0.2, 0) is 0 Å². The Kier molecular flexibility index (Phi) is 5.41. The fourth-order valence-electron chi connectivity index (χ4n) is 2.10. The van der Waals surface area contributed by atoms with Crippen molar-refractivity contribution in [1.29, 1.82) is 0 Å². The van der Waals surface area contributed by atoms with Gasteiger partial charge in [-0.1, -0.05) is 6.07 Å². The van der Waals surface area contributed by atoms with Gasteiger partial charge in [-0.15, -0.1) is 11.3 Å². The fourth-order valence-corrected chi connectivity index (χ4v) is 3.03. The van der Waals surface area contributed by atoms with E-state index in [-0.39, 0.29) is 17.3 Å². The molecular weight excluding hydrogens is 321 g/mol. The van der Waals surface area contributed by atoms with Gasteiger partial charge in [0.05, 0.1) is 22.6 Å². The zero-order valence-corrected chi connectivity index (χ0v) is 13.5. The maximum absolute atomic E-state index is 13.8. The molecule has 2 rings (SSSR count). The van der Waals surface area contributed by atoms with Crippen LogP contribution in [0.4, 0.5) is 10.1 Å². The van der Waals surface area contributed by atoms with Crippen LogP contribution in [0, 0.1) is 15.9 Å². The molecule has 0 saturated carbocycles. The molecule has 23 heavy (non-hydrogen) atoms. The number of nitrogens with one attached hydrogen (secondary N) is 1. The van der Waals surface area contributed by atoms with Crippen LogP contribution in [0.25, 0.3) is 0 Å². The number of hydrogen-bond acceptors (Lipinski definition) is 5. The smallest absolute Gasteiger partial charge is 0.272 e. The lowest BCUT2D eigenvalue weighted by atomic mass is 10.1. The van der Waals surface area contributed by atoms with Gasteiger partial charge in [-0.3, -0.25) is 14.9 Å². The molecule has 8 heteroatoms. The van der Waals surface area contributed by atoms with Crippen molar-refractivity contribution in [3.05, 3.63) is 62.1 Å². The minimum absolute atomic E-state index is 0.0277. The predicted octanol–water partition coefficient (Wildman–Crippen LogP) is 2.83. The highest BCUT2D eigenvalue weighted by Crippen LogP contribution is 2.22. The summed E-state index contributed by atoms with van der Waals surface area (Å²) < 4.78 is 13.8. The Balaban J connectivity index is 2.08. The number of hydrogen-bond donors (Lipinski definition) is 1. The van der Waals surface area contributed by atoms with Gasteiger partial charge in [-0.05, 0) is 31.6 Å². The van der Waals surface area contributed by atoms with Gasteiger partial charge in [-0.2, -0.15) is 0 Å². The highest BCUT2D eigenvalue weighted by atomic mass is 32.1. The molecule has 6 nitrogen and oxygen atoms in total. The number of nitrogens with zero attached hydrogens (tertiary/aromatic N) is 2. The highest BCUT2D eigenvalue weighted by Gasteiger charge is 2.19. The molecule has 1 unspecified atom stereocenters. The van der Waals surface area contributed by atoms with E-state index < -0.39 is 16.6 Å². The molecule has 0 aliphatic carbocycles. The first-order valence-electron chi connectivity index (χ1n) is 6.82. The molecule has 0 aliphatic rings. The van der Waals surface area contributed by atoms with Crippen LogP contribution in [0.2, 0.25) is 0 Å². The lowest BCUT2D eigenvalue weighted by molar-refractivity contribution is -0.385. The quantitative estimate of drug-likeness (QED) is 0.650. The number of non-ortho nitro benzene ring substituents is 1. The molecule has 1 N–H and O–H groups in total. The third kappa shape index (κ3) is 4.11. The number of amides is 1. The summed E-state index contributed by atoms with van der Waals surface area (Å²) in [7, 11) is 3.78. The summed E-state index contributed by atoms with van der Waals surface area (Å²) in [6.07, 6.45) is 0. The van der Waals surface area contributed by atoms with E-state index in [9.17, 15) is 19.3 Å². The van der Waals surface area contributed by atoms with Crippen LogP contribution >= 0.6 is 11.3 Å². The molecule has 1 atom stereocenters. The number of thiophene rings is 1. The van der Waals surface area contributed by atoms with Gasteiger partial charge < -0.3 is 10.2 Å². The van der Waals surface area contributed by atoms with Crippen molar-refractivity contribution in [2.45, 2.75) is 6.04 Å². The summed E-state index contributed by atoms with van der Waals surface area (Å²) in [6, 6.07) is 6.85. The lowest BCUT2D eigenvalue weighted by Gasteiger charge is -2.23. The first-order chi connectivity index (χ1) is 10.9. The van der Waals surface area contributed by atoms with Crippen molar-refractivity contribution in [3.63, 3.8) is 0 Å². The largest absolute Gasteiger partial charge is 0.350 e. The van der Waals surface area contributed by atoms with Crippen molar-refractivity contribution in [3.8, 4) is 0 Å². The van der Waals surface area contributed by atoms with Gasteiger partial charge in [0, 0.05) is 17.5 Å². The number of carbonyl (C=O) groups excluding carboxylic acids is 1. The standard InChI is InChI=1S/C15H16FN3O3S/c1-18(2)13(14-4-3-7-23-14)9-17-15(20)11-6-5-10(19(21)22)8-12(11)16/h3-8,13H,9H2,1-2H3,(H,17,20). The summed E-state index contributed by atoms with van der Waals surface area (Å²) in [5.74, 6) is -1.50. The lowest BCUT2D eigenvalue weighted by Crippen LogP contribution is -2.34. The van der Waals surface area contributed by atoms with Crippen molar-refractivity contribution in [2.75, 3.05) is 20.6 Å². The molecule has 2 aromatic rings. The molecule has 0 fully saturated rings. The molecule has 1 heterocycles. The van der Waals surface area contributed by atoms with E-state index in [0.717, 1.165) is 23.1 Å². The van der Waals surface area contributed by atoms with Crippen LogP contribution in [0.5, 0.6) is 0 Å². The maximum atomic E-state index is 13.8. The first-order valence-corrected chi connectivity index (χ1v) is 7.70. The molecule has 0 aliphatic heterocycles. The highest BCUT2D eigenvalue weighted by molar-refractivity contribution is 7.10. The third-order valence-electron chi connectivity index (χ3n) is 3.36. The monoisotopic (exact) mass is 337 g/mol. The topological polar surface area (TPSA) is 75.5 Å². The van der Waals surface area contributed by atoms with Gasteiger partial charge >= 0.3 is 0 Å². The number of likely N-dealkylation sites (N-methyl/N-ethyl adjacent to an activating group) is 1. The first kappa shape index (κ1) is 17.0. The second kappa shape index (κ2) is 7.30. The number of rotatable bonds is 6. The van der Waals surface area contributed by atoms with Gasteiger partial charge in [0.15, 0.2) is 0 Å². The molecule has 0 bridgehead atoms. The van der Waals surface area contributed by atoms with Crippen LogP contribution in [0.1, 0.15) is 21.3 Å². The Bertz CT molecular complexity index is 704. The average Bonchev–Trinajstić information content (AvgIpc) is 3.00. The van der Waals surface area contributed by atoms with Gasteiger partial charge in [-0.25, -0.2) is 4.39 Å². The molecule has 1 aromatic heterocycles. The maximum Gasteiger partial charge on any atom is 0.272 e. The molecule has 0 radical (unpaired) electrons. The number of benzene rings is 1. The van der Waals surface area contributed by atoms with Gasteiger partial charge in [0.1, 0.15) is 5.82 Å². The number of nitro groups is 1. The zero-order valence-electron chi connectivity index (χ0n) is 12.7. The molecule has 1 amide bonds. The Labute approximate surface area is 136 Å². The molecule has 1 aromatic carbocycles. The minimum atomic E-state index is -0.908. The van der Waals surface area contributed by atoms with Crippen LogP contribution in [0.15, 0.2) is 35.7 Å². The van der Waals surface area contributed by atoms with E-state index in [0.29, 0.717) is 6.54 Å². The average molecular weight is 337 g/mol. The second-order valence-corrected chi connectivity index (χ2v) is 6.11. The summed E-state index contributed by atoms with van der Waals surface area (Å²) in [5.41, 5.74) is -0.594. The van der Waals surface area contributed by atoms with Crippen molar-refractivity contribution in [1.82, 2.24) is 10.2 Å². The van der Waals surface area contributed by atoms with Gasteiger partial charge in [0.25, 0.3) is 11.6 Å². The van der Waals surface area contributed by atoms with E-state index in [1.807, 2.05) is 36.5 Å². The summed E-state index contributed by atoms with van der Waals surface area (Å²) in [5, 5.41) is 15.2. The number of halogens is 1. The van der Waals surface area contributed by atoms with Crippen molar-refractivity contribution in [2.24, 2.45) is 0 Å². The summed E-state index contributed by atoms with van der Waals surface area (Å²) >= 11 is 1.57. The Hall–Kier alpha value is -2.32. The van der Waals surface area contributed by atoms with Crippen molar-refractivity contribution >= 4 is 22.9 Å². The van der Waals surface area contributed by atoms with Crippen molar-refractivity contribution < 1.29 is 14.1 Å². The van der Waals surface area contributed by atoms with E-state index >= 15 is 0 Å². The van der Waals surface area contributed by atoms with Gasteiger partial charge in [0.2, 0.25) is 0 Å². The number of carbonyl (C=O) groups is 1. The summed E-state index contributed by atoms with van der Waals surface area (Å²) in [4.78, 5) is 25.0. The molecular formula is C15H16FN3O3S. The number of nitro benzene ring substituents is 1. The minimum Gasteiger partial charge on any atom is -0.350 e. The second-order valence-electron chi connectivity index (χ2n) is 5.13. The molecule has 122 valence electrons. The predicted molar refractivity (Wildman–Crippen MR) is 86.1 cm³/mol. The fraction of sp³-hybridized carbons (Fsp3) is 0.267. The van der Waals surface area contributed by atoms with E-state index in [2.05, 4.69) is 5.32 Å². The van der Waals surface area contributed by atoms with Crippen LogP contribution in [0.3, 0.4) is 0 Å². The normalized spacial score (nSPS) is 12.2. The van der Waals surface area contributed by atoms with E-state index in [1.54, 1.807) is 11.3 Å². The third-order valence-corrected chi connectivity index (χ3v) is 4.33. The summed E-state index contributed by atoms with van der Waals surface area (Å²) in [6.45, 7) is 0.308. The Morgan fingerprint density at radius 1 is 1.43 bits per heavy atom. The van der Waals surface area contributed by atoms with Crippen LogP contribution < -0.4 is 5.32 Å².